The predicted molar refractivity (Wildman–Crippen MR) is 80.1 cm³/mol. The van der Waals surface area contributed by atoms with Crippen LogP contribution in [0.15, 0.2) is 12.1 Å². The molecule has 1 saturated heterocycles. The standard InChI is InChI=1S/C16H24N2O2/c1-2-3-12-4-5-18(10-12)11-13-8-15-16(9-14(13)17)20-7-6-19-15/h8-9,12H,2-7,10-11,17H2,1H3. The molecule has 1 aromatic rings. The zero-order valence-electron chi connectivity index (χ0n) is 12.2. The molecule has 1 aromatic carbocycles. The maximum atomic E-state index is 6.15. The van der Waals surface area contributed by atoms with Crippen LogP contribution < -0.4 is 15.2 Å². The van der Waals surface area contributed by atoms with Crippen LogP contribution in [0.25, 0.3) is 0 Å². The molecule has 2 aliphatic rings. The van der Waals surface area contributed by atoms with Crippen molar-refractivity contribution in [3.8, 4) is 11.5 Å². The zero-order valence-corrected chi connectivity index (χ0v) is 12.2. The molecule has 0 aromatic heterocycles. The summed E-state index contributed by atoms with van der Waals surface area (Å²) in [5.74, 6) is 2.48. The lowest BCUT2D eigenvalue weighted by molar-refractivity contribution is 0.171. The smallest absolute Gasteiger partial charge is 0.163 e. The molecule has 20 heavy (non-hydrogen) atoms. The van der Waals surface area contributed by atoms with E-state index >= 15 is 0 Å². The number of hydrogen-bond acceptors (Lipinski definition) is 4. The van der Waals surface area contributed by atoms with Crippen LogP contribution in [0.3, 0.4) is 0 Å². The molecule has 2 heterocycles. The molecule has 1 atom stereocenters. The number of nitrogens with zero attached hydrogens (tertiary/aromatic N) is 1. The zero-order chi connectivity index (χ0) is 13.9. The third kappa shape index (κ3) is 2.85. The fourth-order valence-electron chi connectivity index (χ4n) is 3.22. The summed E-state index contributed by atoms with van der Waals surface area (Å²) in [5, 5.41) is 0. The highest BCUT2D eigenvalue weighted by Gasteiger charge is 2.23. The lowest BCUT2D eigenvalue weighted by Crippen LogP contribution is -2.21. The third-order valence-electron chi connectivity index (χ3n) is 4.26. The number of ether oxygens (including phenoxy) is 2. The number of hydrogen-bond donors (Lipinski definition) is 1. The summed E-state index contributed by atoms with van der Waals surface area (Å²) in [5.41, 5.74) is 8.13. The Hall–Kier alpha value is -1.42. The summed E-state index contributed by atoms with van der Waals surface area (Å²) >= 11 is 0. The molecule has 4 heteroatoms. The number of anilines is 1. The molecule has 1 unspecified atom stereocenters. The van der Waals surface area contributed by atoms with Crippen LogP contribution >= 0.6 is 0 Å². The molecule has 1 fully saturated rings. The lowest BCUT2D eigenvalue weighted by atomic mass is 10.0. The van der Waals surface area contributed by atoms with Crippen LogP contribution in [-0.2, 0) is 6.54 Å². The van der Waals surface area contributed by atoms with Crippen molar-refractivity contribution in [1.29, 1.82) is 0 Å². The van der Waals surface area contributed by atoms with Gasteiger partial charge in [-0.3, -0.25) is 4.90 Å². The van der Waals surface area contributed by atoms with Gasteiger partial charge in [-0.05, 0) is 36.9 Å². The van der Waals surface area contributed by atoms with Gasteiger partial charge in [0.1, 0.15) is 13.2 Å². The van der Waals surface area contributed by atoms with E-state index in [2.05, 4.69) is 17.9 Å². The first-order chi connectivity index (χ1) is 9.76. The van der Waals surface area contributed by atoms with Gasteiger partial charge in [0.25, 0.3) is 0 Å². The van der Waals surface area contributed by atoms with Crippen LogP contribution in [0.5, 0.6) is 11.5 Å². The molecule has 0 radical (unpaired) electrons. The largest absolute Gasteiger partial charge is 0.486 e. The molecule has 0 saturated carbocycles. The van der Waals surface area contributed by atoms with E-state index in [0.717, 1.165) is 35.2 Å². The van der Waals surface area contributed by atoms with E-state index in [1.165, 1.54) is 32.4 Å². The Balaban J connectivity index is 1.68. The fourth-order valence-corrected chi connectivity index (χ4v) is 3.22. The van der Waals surface area contributed by atoms with Gasteiger partial charge in [0.15, 0.2) is 11.5 Å². The number of nitrogen functional groups attached to an aromatic ring is 1. The number of fused-ring (bicyclic) bond motifs is 1. The van der Waals surface area contributed by atoms with Crippen molar-refractivity contribution < 1.29 is 9.47 Å². The Morgan fingerprint density at radius 3 is 2.75 bits per heavy atom. The van der Waals surface area contributed by atoms with E-state index in [0.29, 0.717) is 13.2 Å². The third-order valence-corrected chi connectivity index (χ3v) is 4.26. The van der Waals surface area contributed by atoms with Crippen molar-refractivity contribution in [2.45, 2.75) is 32.7 Å². The SMILES string of the molecule is CCCC1CCN(Cc2cc3c(cc2N)OCCO3)C1. The minimum Gasteiger partial charge on any atom is -0.486 e. The first kappa shape index (κ1) is 13.6. The average molecular weight is 276 g/mol. The Bertz CT molecular complexity index is 476. The van der Waals surface area contributed by atoms with Crippen molar-refractivity contribution >= 4 is 5.69 Å². The Kier molecular flexibility index (Phi) is 4.01. The maximum Gasteiger partial charge on any atom is 0.163 e. The van der Waals surface area contributed by atoms with Crippen LogP contribution in [0.2, 0.25) is 0 Å². The van der Waals surface area contributed by atoms with Crippen LogP contribution in [0.4, 0.5) is 5.69 Å². The minimum absolute atomic E-state index is 0.608. The van der Waals surface area contributed by atoms with Gasteiger partial charge in [0.2, 0.25) is 0 Å². The van der Waals surface area contributed by atoms with Crippen molar-refractivity contribution in [2.75, 3.05) is 32.0 Å². The second-order valence-electron chi connectivity index (χ2n) is 5.87. The second-order valence-corrected chi connectivity index (χ2v) is 5.87. The lowest BCUT2D eigenvalue weighted by Gasteiger charge is -2.22. The second kappa shape index (κ2) is 5.92. The van der Waals surface area contributed by atoms with Crippen LogP contribution in [-0.4, -0.2) is 31.2 Å². The Morgan fingerprint density at radius 1 is 1.25 bits per heavy atom. The van der Waals surface area contributed by atoms with Crippen molar-refractivity contribution in [3.05, 3.63) is 17.7 Å². The Labute approximate surface area is 120 Å². The molecular formula is C16H24N2O2. The first-order valence-electron chi connectivity index (χ1n) is 7.66. The van der Waals surface area contributed by atoms with Gasteiger partial charge in [-0.15, -0.1) is 0 Å². The summed E-state index contributed by atoms with van der Waals surface area (Å²) in [6.07, 6.45) is 3.94. The molecule has 0 amide bonds. The molecule has 0 aliphatic carbocycles. The normalized spacial score (nSPS) is 22.1. The monoisotopic (exact) mass is 276 g/mol. The van der Waals surface area contributed by atoms with E-state index in [9.17, 15) is 0 Å². The average Bonchev–Trinajstić information content (AvgIpc) is 2.87. The Morgan fingerprint density at radius 2 is 2.00 bits per heavy atom. The van der Waals surface area contributed by atoms with Gasteiger partial charge in [-0.2, -0.15) is 0 Å². The highest BCUT2D eigenvalue weighted by Crippen LogP contribution is 2.35. The number of likely N-dealkylation sites (tertiary alicyclic amines) is 1. The molecule has 0 spiro atoms. The maximum absolute atomic E-state index is 6.15. The molecule has 2 N–H and O–H groups in total. The van der Waals surface area contributed by atoms with Gasteiger partial charge in [-0.25, -0.2) is 0 Å². The van der Waals surface area contributed by atoms with Gasteiger partial charge < -0.3 is 15.2 Å². The van der Waals surface area contributed by atoms with Gasteiger partial charge in [0, 0.05) is 24.8 Å². The topological polar surface area (TPSA) is 47.7 Å². The highest BCUT2D eigenvalue weighted by molar-refractivity contribution is 5.58. The predicted octanol–water partition coefficient (Wildman–Crippen LogP) is 2.66. The number of benzene rings is 1. The molecule has 3 rings (SSSR count). The fraction of sp³-hybridized carbons (Fsp3) is 0.625. The molecule has 2 aliphatic heterocycles. The quantitative estimate of drug-likeness (QED) is 0.859. The molecule has 0 bridgehead atoms. The molecular weight excluding hydrogens is 252 g/mol. The first-order valence-corrected chi connectivity index (χ1v) is 7.66. The summed E-state index contributed by atoms with van der Waals surface area (Å²) in [6, 6.07) is 3.96. The van der Waals surface area contributed by atoms with E-state index in [1.807, 2.05) is 6.07 Å². The van der Waals surface area contributed by atoms with E-state index < -0.39 is 0 Å². The summed E-state index contributed by atoms with van der Waals surface area (Å²) in [7, 11) is 0. The summed E-state index contributed by atoms with van der Waals surface area (Å²) in [4.78, 5) is 2.50. The highest BCUT2D eigenvalue weighted by atomic mass is 16.6. The minimum atomic E-state index is 0.608. The summed E-state index contributed by atoms with van der Waals surface area (Å²) < 4.78 is 11.2. The van der Waals surface area contributed by atoms with Crippen molar-refractivity contribution in [2.24, 2.45) is 5.92 Å². The van der Waals surface area contributed by atoms with E-state index in [1.54, 1.807) is 0 Å². The van der Waals surface area contributed by atoms with Gasteiger partial charge >= 0.3 is 0 Å². The van der Waals surface area contributed by atoms with E-state index in [4.69, 9.17) is 15.2 Å². The van der Waals surface area contributed by atoms with Crippen LogP contribution in [0.1, 0.15) is 31.7 Å². The van der Waals surface area contributed by atoms with Crippen molar-refractivity contribution in [3.63, 3.8) is 0 Å². The van der Waals surface area contributed by atoms with Crippen molar-refractivity contribution in [1.82, 2.24) is 4.90 Å². The molecule has 4 nitrogen and oxygen atoms in total. The number of nitrogens with two attached hydrogens (primary N) is 1. The molecule has 110 valence electrons. The van der Waals surface area contributed by atoms with E-state index in [-0.39, 0.29) is 0 Å². The van der Waals surface area contributed by atoms with Gasteiger partial charge in [-0.1, -0.05) is 13.3 Å². The summed E-state index contributed by atoms with van der Waals surface area (Å²) in [6.45, 7) is 6.79. The van der Waals surface area contributed by atoms with Crippen LogP contribution in [0, 0.1) is 5.92 Å². The number of rotatable bonds is 4. The van der Waals surface area contributed by atoms with Gasteiger partial charge in [0.05, 0.1) is 0 Å².